The lowest BCUT2D eigenvalue weighted by atomic mass is 9.95. The highest BCUT2D eigenvalue weighted by atomic mass is 35.5. The Bertz CT molecular complexity index is 502. The van der Waals surface area contributed by atoms with Gasteiger partial charge in [-0.1, -0.05) is 20.8 Å². The van der Waals surface area contributed by atoms with Crippen LogP contribution in [0.25, 0.3) is 0 Å². The van der Waals surface area contributed by atoms with Crippen LogP contribution in [0.15, 0.2) is 24.3 Å². The van der Waals surface area contributed by atoms with Crippen LogP contribution >= 0.6 is 34.3 Å². The molecule has 0 amide bonds. The highest BCUT2D eigenvalue weighted by molar-refractivity contribution is 7.14. The van der Waals surface area contributed by atoms with Crippen molar-refractivity contribution in [1.82, 2.24) is 0 Å². The van der Waals surface area contributed by atoms with Gasteiger partial charge in [-0.2, -0.15) is 0 Å². The minimum atomic E-state index is 0.00907. The van der Waals surface area contributed by atoms with Crippen LogP contribution in [0.2, 0.25) is 0 Å². The molecule has 1 unspecified atom stereocenters. The molecule has 17 heavy (non-hydrogen) atoms. The summed E-state index contributed by atoms with van der Waals surface area (Å²) < 4.78 is 0. The van der Waals surface area contributed by atoms with Gasteiger partial charge in [-0.05, 0) is 36.6 Å². The Labute approximate surface area is 116 Å². The van der Waals surface area contributed by atoms with Crippen molar-refractivity contribution in [2.45, 2.75) is 38.5 Å². The first-order chi connectivity index (χ1) is 7.88. The van der Waals surface area contributed by atoms with Crippen molar-refractivity contribution in [1.29, 1.82) is 0 Å². The van der Waals surface area contributed by atoms with Gasteiger partial charge in [-0.3, -0.25) is 0 Å². The Morgan fingerprint density at radius 2 is 1.59 bits per heavy atom. The summed E-state index contributed by atoms with van der Waals surface area (Å²) in [6.07, 6.45) is 0. The molecule has 0 aliphatic carbocycles. The van der Waals surface area contributed by atoms with E-state index in [1.165, 1.54) is 19.5 Å². The molecule has 2 aromatic rings. The number of alkyl halides is 1. The minimum Gasteiger partial charge on any atom is -0.144 e. The highest BCUT2D eigenvalue weighted by Crippen LogP contribution is 2.39. The van der Waals surface area contributed by atoms with Crippen molar-refractivity contribution >= 4 is 34.3 Å². The van der Waals surface area contributed by atoms with E-state index in [0.717, 1.165) is 0 Å². The standard InChI is InChI=1S/C14H17ClS2/c1-9-5-6-10(16-9)13(15)11-7-8-12(17-11)14(2,3)4/h5-8,13H,1-4H3. The molecule has 0 radical (unpaired) electrons. The third kappa shape index (κ3) is 2.93. The maximum atomic E-state index is 6.53. The van der Waals surface area contributed by atoms with Crippen molar-refractivity contribution in [2.75, 3.05) is 0 Å². The summed E-state index contributed by atoms with van der Waals surface area (Å²) in [4.78, 5) is 5.20. The average molecular weight is 285 g/mol. The van der Waals surface area contributed by atoms with Crippen LogP contribution in [-0.2, 0) is 5.41 Å². The lowest BCUT2D eigenvalue weighted by Crippen LogP contribution is -2.07. The van der Waals surface area contributed by atoms with Gasteiger partial charge in [-0.15, -0.1) is 34.3 Å². The van der Waals surface area contributed by atoms with Gasteiger partial charge in [0.2, 0.25) is 0 Å². The second kappa shape index (κ2) is 4.75. The fourth-order valence-electron chi connectivity index (χ4n) is 1.62. The zero-order valence-electron chi connectivity index (χ0n) is 10.6. The Balaban J connectivity index is 2.26. The summed E-state index contributed by atoms with van der Waals surface area (Å²) in [5, 5.41) is 0.00907. The third-order valence-electron chi connectivity index (χ3n) is 2.63. The van der Waals surface area contributed by atoms with E-state index < -0.39 is 0 Å². The molecule has 0 spiro atoms. The van der Waals surface area contributed by atoms with E-state index in [-0.39, 0.29) is 10.8 Å². The van der Waals surface area contributed by atoms with Gasteiger partial charge in [0, 0.05) is 19.5 Å². The Hall–Kier alpha value is -0.310. The monoisotopic (exact) mass is 284 g/mol. The van der Waals surface area contributed by atoms with E-state index in [0.29, 0.717) is 0 Å². The van der Waals surface area contributed by atoms with Gasteiger partial charge in [0.25, 0.3) is 0 Å². The normalized spacial score (nSPS) is 13.9. The predicted molar refractivity (Wildman–Crippen MR) is 79.8 cm³/mol. The summed E-state index contributed by atoms with van der Waals surface area (Å²) in [6, 6.07) is 8.63. The molecule has 92 valence electrons. The lowest BCUT2D eigenvalue weighted by molar-refractivity contribution is 0.604. The fourth-order valence-corrected chi connectivity index (χ4v) is 4.05. The largest absolute Gasteiger partial charge is 0.144 e. The summed E-state index contributed by atoms with van der Waals surface area (Å²) in [5.41, 5.74) is 0.213. The molecule has 0 fully saturated rings. The summed E-state index contributed by atoms with van der Waals surface area (Å²) in [5.74, 6) is 0. The molecule has 0 saturated heterocycles. The smallest absolute Gasteiger partial charge is 0.102 e. The number of rotatable bonds is 2. The number of thiophene rings is 2. The maximum Gasteiger partial charge on any atom is 0.102 e. The van der Waals surface area contributed by atoms with E-state index in [4.69, 9.17) is 11.6 Å². The van der Waals surface area contributed by atoms with Crippen LogP contribution in [0.3, 0.4) is 0 Å². The molecule has 2 heterocycles. The van der Waals surface area contributed by atoms with Crippen LogP contribution < -0.4 is 0 Å². The van der Waals surface area contributed by atoms with E-state index in [9.17, 15) is 0 Å². The molecule has 1 atom stereocenters. The first-order valence-electron chi connectivity index (χ1n) is 5.68. The zero-order valence-corrected chi connectivity index (χ0v) is 13.0. The van der Waals surface area contributed by atoms with E-state index in [2.05, 4.69) is 52.0 Å². The SMILES string of the molecule is Cc1ccc(C(Cl)c2ccc(C(C)(C)C)s2)s1. The topological polar surface area (TPSA) is 0 Å². The summed E-state index contributed by atoms with van der Waals surface area (Å²) >= 11 is 10.1. The average Bonchev–Trinajstić information content (AvgIpc) is 2.83. The predicted octanol–water partition coefficient (Wildman–Crippen LogP) is 5.74. The van der Waals surface area contributed by atoms with E-state index in [1.54, 1.807) is 11.3 Å². The van der Waals surface area contributed by atoms with Gasteiger partial charge in [0.15, 0.2) is 0 Å². The zero-order chi connectivity index (χ0) is 12.6. The van der Waals surface area contributed by atoms with Crippen molar-refractivity contribution < 1.29 is 0 Å². The number of aryl methyl sites for hydroxylation is 1. The van der Waals surface area contributed by atoms with Gasteiger partial charge in [0.05, 0.1) is 0 Å². The van der Waals surface area contributed by atoms with Gasteiger partial charge in [0.1, 0.15) is 5.38 Å². The van der Waals surface area contributed by atoms with Crippen LogP contribution in [0, 0.1) is 6.92 Å². The molecule has 0 bridgehead atoms. The van der Waals surface area contributed by atoms with E-state index >= 15 is 0 Å². The quantitative estimate of drug-likeness (QED) is 0.617. The first kappa shape index (κ1) is 13.1. The molecular formula is C14H17ClS2. The van der Waals surface area contributed by atoms with Crippen molar-refractivity contribution in [2.24, 2.45) is 0 Å². The molecule has 0 aromatic carbocycles. The molecule has 0 nitrogen and oxygen atoms in total. The molecule has 2 rings (SSSR count). The second-order valence-corrected chi connectivity index (χ2v) is 8.13. The first-order valence-corrected chi connectivity index (χ1v) is 7.75. The van der Waals surface area contributed by atoms with Crippen LogP contribution in [-0.4, -0.2) is 0 Å². The molecule has 3 heteroatoms. The Kier molecular flexibility index (Phi) is 3.67. The molecule has 2 aromatic heterocycles. The number of halogens is 1. The fraction of sp³-hybridized carbons (Fsp3) is 0.429. The number of hydrogen-bond acceptors (Lipinski definition) is 2. The molecule has 0 N–H and O–H groups in total. The van der Waals surface area contributed by atoms with Crippen molar-refractivity contribution in [3.8, 4) is 0 Å². The van der Waals surface area contributed by atoms with Crippen LogP contribution in [0.4, 0.5) is 0 Å². The maximum absolute atomic E-state index is 6.53. The van der Waals surface area contributed by atoms with Gasteiger partial charge < -0.3 is 0 Å². The third-order valence-corrected chi connectivity index (χ3v) is 6.00. The van der Waals surface area contributed by atoms with Gasteiger partial charge >= 0.3 is 0 Å². The molecular weight excluding hydrogens is 268 g/mol. The Morgan fingerprint density at radius 1 is 1.00 bits per heavy atom. The molecule has 0 aliphatic rings. The lowest BCUT2D eigenvalue weighted by Gasteiger charge is -2.15. The summed E-state index contributed by atoms with van der Waals surface area (Å²) in [7, 11) is 0. The van der Waals surface area contributed by atoms with Crippen LogP contribution in [0.5, 0.6) is 0 Å². The molecule has 0 aliphatic heterocycles. The van der Waals surface area contributed by atoms with E-state index in [1.807, 2.05) is 11.3 Å². The summed E-state index contributed by atoms with van der Waals surface area (Å²) in [6.45, 7) is 8.83. The number of hydrogen-bond donors (Lipinski definition) is 0. The second-order valence-electron chi connectivity index (χ2n) is 5.26. The minimum absolute atomic E-state index is 0.00907. The van der Waals surface area contributed by atoms with Crippen LogP contribution in [0.1, 0.15) is 45.7 Å². The van der Waals surface area contributed by atoms with Crippen molar-refractivity contribution in [3.05, 3.63) is 43.8 Å². The highest BCUT2D eigenvalue weighted by Gasteiger charge is 2.20. The van der Waals surface area contributed by atoms with Gasteiger partial charge in [-0.25, -0.2) is 0 Å². The Morgan fingerprint density at radius 3 is 2.06 bits per heavy atom. The van der Waals surface area contributed by atoms with Crippen molar-refractivity contribution in [3.63, 3.8) is 0 Å². The molecule has 0 saturated carbocycles.